The van der Waals surface area contributed by atoms with Crippen molar-refractivity contribution in [3.05, 3.63) is 28.2 Å². The molecular formula is C15H12Cl2N2O7. The van der Waals surface area contributed by atoms with E-state index in [1.54, 1.807) is 0 Å². The number of hydroxylamine groups is 1. The van der Waals surface area contributed by atoms with Gasteiger partial charge in [0, 0.05) is 5.02 Å². The second-order valence-corrected chi connectivity index (χ2v) is 6.36. The molecule has 26 heavy (non-hydrogen) atoms. The Bertz CT molecular complexity index is 812. The molecule has 0 aliphatic carbocycles. The molecule has 0 bridgehead atoms. The molecule has 2 heterocycles. The van der Waals surface area contributed by atoms with Crippen LogP contribution in [0, 0.1) is 5.92 Å². The maximum Gasteiger partial charge on any atom is 0.341 e. The number of amides is 2. The summed E-state index contributed by atoms with van der Waals surface area (Å²) < 4.78 is 9.25. The van der Waals surface area contributed by atoms with Crippen molar-refractivity contribution in [1.29, 1.82) is 0 Å². The maximum atomic E-state index is 13.0. The Morgan fingerprint density at radius 1 is 1.15 bits per heavy atom. The minimum absolute atomic E-state index is 0.0360. The Balaban J connectivity index is 2.10. The van der Waals surface area contributed by atoms with E-state index in [4.69, 9.17) is 28.0 Å². The number of ether oxygens (including phenoxy) is 2. The molecule has 0 aromatic heterocycles. The number of nitrogens with zero attached hydrogens (tertiary/aromatic N) is 1. The first-order valence-corrected chi connectivity index (χ1v) is 7.97. The lowest BCUT2D eigenvalue weighted by Gasteiger charge is -2.26. The highest BCUT2D eigenvalue weighted by Crippen LogP contribution is 2.42. The summed E-state index contributed by atoms with van der Waals surface area (Å²) in [5.74, 6) is -5.44. The minimum Gasteiger partial charge on any atom is -0.467 e. The van der Waals surface area contributed by atoms with Crippen molar-refractivity contribution in [2.75, 3.05) is 19.1 Å². The Morgan fingerprint density at radius 3 is 2.31 bits per heavy atom. The minimum atomic E-state index is -2.31. The van der Waals surface area contributed by atoms with Gasteiger partial charge in [0.15, 0.2) is 6.10 Å². The lowest BCUT2D eigenvalue weighted by molar-refractivity contribution is -0.169. The summed E-state index contributed by atoms with van der Waals surface area (Å²) in [4.78, 5) is 56.1. The van der Waals surface area contributed by atoms with Crippen molar-refractivity contribution < 1.29 is 33.5 Å². The van der Waals surface area contributed by atoms with Gasteiger partial charge in [0.2, 0.25) is 5.91 Å². The third-order valence-electron chi connectivity index (χ3n) is 4.23. The van der Waals surface area contributed by atoms with Crippen molar-refractivity contribution in [2.45, 2.75) is 11.6 Å². The molecule has 138 valence electrons. The van der Waals surface area contributed by atoms with Crippen LogP contribution in [-0.4, -0.2) is 49.6 Å². The molecule has 11 heteroatoms. The van der Waals surface area contributed by atoms with E-state index in [1.807, 2.05) is 0 Å². The van der Waals surface area contributed by atoms with Gasteiger partial charge in [0.1, 0.15) is 5.92 Å². The molecule has 0 spiro atoms. The van der Waals surface area contributed by atoms with E-state index in [1.165, 1.54) is 18.2 Å². The highest BCUT2D eigenvalue weighted by Gasteiger charge is 2.72. The third-order valence-corrected chi connectivity index (χ3v) is 4.77. The molecule has 1 aromatic carbocycles. The number of methoxy groups -OCH3 is 2. The van der Waals surface area contributed by atoms with E-state index in [9.17, 15) is 19.2 Å². The zero-order valence-electron chi connectivity index (χ0n) is 13.4. The lowest BCUT2D eigenvalue weighted by Crippen LogP contribution is -2.61. The average Bonchev–Trinajstić information content (AvgIpc) is 3.13. The summed E-state index contributed by atoms with van der Waals surface area (Å²) in [6, 6.07) is 4.15. The van der Waals surface area contributed by atoms with Crippen molar-refractivity contribution in [3.8, 4) is 0 Å². The van der Waals surface area contributed by atoms with Crippen LogP contribution in [0.2, 0.25) is 10.0 Å². The van der Waals surface area contributed by atoms with E-state index in [0.717, 1.165) is 19.1 Å². The summed E-state index contributed by atoms with van der Waals surface area (Å²) in [7, 11) is 2.05. The van der Waals surface area contributed by atoms with Crippen molar-refractivity contribution in [2.24, 2.45) is 5.92 Å². The van der Waals surface area contributed by atoms with Gasteiger partial charge in [0.25, 0.3) is 11.4 Å². The standard InChI is InChI=1S/C15H12Cl2N2O7/c1-24-13(22)15(14(23)25-2)9-10(26-18-15)12(21)19(11(9)20)8-4-3-6(16)5-7(8)17/h3-5,9-10,18H,1-2H3/t9-,10+/m1/s1. The number of halogens is 2. The summed E-state index contributed by atoms with van der Waals surface area (Å²) in [5, 5.41) is 0.336. The molecule has 2 atom stereocenters. The molecule has 0 radical (unpaired) electrons. The van der Waals surface area contributed by atoms with Crippen molar-refractivity contribution in [1.82, 2.24) is 5.48 Å². The predicted molar refractivity (Wildman–Crippen MR) is 87.2 cm³/mol. The van der Waals surface area contributed by atoms with E-state index in [2.05, 4.69) is 15.0 Å². The highest BCUT2D eigenvalue weighted by molar-refractivity contribution is 6.38. The first-order chi connectivity index (χ1) is 12.3. The van der Waals surface area contributed by atoms with Crippen LogP contribution in [0.3, 0.4) is 0 Å². The Morgan fingerprint density at radius 2 is 1.77 bits per heavy atom. The Labute approximate surface area is 157 Å². The molecule has 2 saturated heterocycles. The normalized spacial score (nSPS) is 23.8. The van der Waals surface area contributed by atoms with E-state index < -0.39 is 41.3 Å². The first-order valence-electron chi connectivity index (χ1n) is 7.22. The van der Waals surface area contributed by atoms with Gasteiger partial charge in [-0.15, -0.1) is 0 Å². The SMILES string of the molecule is COC(=O)C1(C(=O)OC)NO[C@@H]2C(=O)N(c3ccc(Cl)cc3Cl)C(=O)[C@@H]21. The van der Waals surface area contributed by atoms with E-state index >= 15 is 0 Å². The first kappa shape index (κ1) is 18.6. The monoisotopic (exact) mass is 402 g/mol. The molecule has 3 rings (SSSR count). The number of carbonyl (C=O) groups excluding carboxylic acids is 4. The molecule has 2 aliphatic rings. The third kappa shape index (κ3) is 2.39. The van der Waals surface area contributed by atoms with Gasteiger partial charge in [-0.1, -0.05) is 23.2 Å². The van der Waals surface area contributed by atoms with Crippen LogP contribution in [0.25, 0.3) is 0 Å². The second kappa shape index (κ2) is 6.51. The molecule has 9 nitrogen and oxygen atoms in total. The Hall–Kier alpha value is -2.20. The smallest absolute Gasteiger partial charge is 0.341 e. The number of fused-ring (bicyclic) bond motifs is 1. The molecule has 0 saturated carbocycles. The van der Waals surface area contributed by atoms with Gasteiger partial charge in [-0.25, -0.2) is 14.5 Å². The number of benzene rings is 1. The summed E-state index contributed by atoms with van der Waals surface area (Å²) >= 11 is 11.9. The number of hydrogen-bond acceptors (Lipinski definition) is 8. The number of hydrogen-bond donors (Lipinski definition) is 1. The molecule has 2 fully saturated rings. The summed E-state index contributed by atoms with van der Waals surface area (Å²) in [6.45, 7) is 0. The topological polar surface area (TPSA) is 111 Å². The van der Waals surface area contributed by atoms with Crippen LogP contribution in [0.4, 0.5) is 5.69 Å². The van der Waals surface area contributed by atoms with E-state index in [-0.39, 0.29) is 10.7 Å². The number of imide groups is 1. The zero-order valence-corrected chi connectivity index (χ0v) is 15.0. The molecule has 1 N–H and O–H groups in total. The fraction of sp³-hybridized carbons (Fsp3) is 0.333. The number of rotatable bonds is 3. The van der Waals surface area contributed by atoms with Gasteiger partial charge < -0.3 is 9.47 Å². The van der Waals surface area contributed by atoms with Gasteiger partial charge in [-0.2, -0.15) is 5.48 Å². The molecule has 0 unspecified atom stereocenters. The molecule has 1 aromatic rings. The molecular weight excluding hydrogens is 391 g/mol. The zero-order chi connectivity index (χ0) is 19.2. The lowest BCUT2D eigenvalue weighted by atomic mass is 9.82. The van der Waals surface area contributed by atoms with Crippen LogP contribution >= 0.6 is 23.2 Å². The molecule has 2 amide bonds. The number of carbonyl (C=O) groups is 4. The van der Waals surface area contributed by atoms with Crippen molar-refractivity contribution in [3.63, 3.8) is 0 Å². The predicted octanol–water partition coefficient (Wildman–Crippen LogP) is 0.471. The Kier molecular flexibility index (Phi) is 4.65. The van der Waals surface area contributed by atoms with Crippen molar-refractivity contribution >= 4 is 52.6 Å². The van der Waals surface area contributed by atoms with Gasteiger partial charge in [-0.3, -0.25) is 14.4 Å². The maximum absolute atomic E-state index is 13.0. The van der Waals surface area contributed by atoms with E-state index in [0.29, 0.717) is 5.02 Å². The van der Waals surface area contributed by atoms with Crippen LogP contribution in [0.1, 0.15) is 0 Å². The average molecular weight is 403 g/mol. The fourth-order valence-electron chi connectivity index (χ4n) is 3.04. The fourth-order valence-corrected chi connectivity index (χ4v) is 3.53. The largest absolute Gasteiger partial charge is 0.467 e. The van der Waals surface area contributed by atoms with Gasteiger partial charge >= 0.3 is 11.9 Å². The number of esters is 2. The quantitative estimate of drug-likeness (QED) is 0.441. The van der Waals surface area contributed by atoms with Crippen LogP contribution in [0.15, 0.2) is 18.2 Å². The van der Waals surface area contributed by atoms with Gasteiger partial charge in [0.05, 0.1) is 24.9 Å². The summed E-state index contributed by atoms with van der Waals surface area (Å²) in [6.07, 6.45) is -1.44. The van der Waals surface area contributed by atoms with Gasteiger partial charge in [-0.05, 0) is 18.2 Å². The highest BCUT2D eigenvalue weighted by atomic mass is 35.5. The second-order valence-electron chi connectivity index (χ2n) is 5.52. The number of nitrogens with one attached hydrogen (secondary N) is 1. The van der Waals surface area contributed by atoms with Crippen LogP contribution < -0.4 is 10.4 Å². The molecule has 2 aliphatic heterocycles. The van der Waals surface area contributed by atoms with Crippen LogP contribution in [-0.2, 0) is 33.5 Å². The number of anilines is 1. The summed E-state index contributed by atoms with van der Waals surface area (Å²) in [5.41, 5.74) is -0.104. The van der Waals surface area contributed by atoms with Crippen LogP contribution in [0.5, 0.6) is 0 Å².